The number of carbonyl (C=O) groups is 2. The van der Waals surface area contributed by atoms with E-state index in [2.05, 4.69) is 34.3 Å². The van der Waals surface area contributed by atoms with Gasteiger partial charge in [0.25, 0.3) is 5.91 Å². The number of nitrogens with zero attached hydrogens (tertiary/aromatic N) is 2. The van der Waals surface area contributed by atoms with Crippen LogP contribution in [-0.4, -0.2) is 72.6 Å². The normalized spacial score (nSPS) is 23.5. The molecule has 2 aliphatic heterocycles. The van der Waals surface area contributed by atoms with E-state index in [0.717, 1.165) is 44.6 Å². The fourth-order valence-electron chi connectivity index (χ4n) is 5.08. The molecule has 2 aromatic carbocycles. The monoisotopic (exact) mass is 464 g/mol. The number of amides is 2. The summed E-state index contributed by atoms with van der Waals surface area (Å²) >= 11 is 0. The SMILES string of the molecule is CC1CN(CC2CCCN2CC(=O)Nc2ccccc2C(=O)NCc2ccccc2)CC(C)O1. The summed E-state index contributed by atoms with van der Waals surface area (Å²) in [6, 6.07) is 17.3. The Morgan fingerprint density at radius 2 is 1.71 bits per heavy atom. The van der Waals surface area contributed by atoms with Gasteiger partial charge in [0.1, 0.15) is 0 Å². The lowest BCUT2D eigenvalue weighted by Crippen LogP contribution is -2.50. The van der Waals surface area contributed by atoms with Crippen molar-refractivity contribution in [2.75, 3.05) is 38.0 Å². The van der Waals surface area contributed by atoms with Gasteiger partial charge in [-0.3, -0.25) is 19.4 Å². The Bertz CT molecular complexity index is 957. The summed E-state index contributed by atoms with van der Waals surface area (Å²) in [4.78, 5) is 30.5. The molecule has 182 valence electrons. The number of hydrogen-bond donors (Lipinski definition) is 2. The number of anilines is 1. The van der Waals surface area contributed by atoms with E-state index in [0.29, 0.717) is 30.4 Å². The van der Waals surface area contributed by atoms with E-state index in [1.54, 1.807) is 12.1 Å². The molecule has 2 fully saturated rings. The minimum Gasteiger partial charge on any atom is -0.373 e. The number of ether oxygens (including phenoxy) is 1. The molecule has 2 heterocycles. The zero-order valence-corrected chi connectivity index (χ0v) is 20.2. The molecule has 2 amide bonds. The van der Waals surface area contributed by atoms with Crippen LogP contribution in [0.1, 0.15) is 42.6 Å². The summed E-state index contributed by atoms with van der Waals surface area (Å²) in [5.74, 6) is -0.284. The molecule has 3 atom stereocenters. The van der Waals surface area contributed by atoms with Crippen molar-refractivity contribution >= 4 is 17.5 Å². The second-order valence-electron chi connectivity index (χ2n) is 9.50. The van der Waals surface area contributed by atoms with Gasteiger partial charge in [-0.1, -0.05) is 42.5 Å². The maximum Gasteiger partial charge on any atom is 0.253 e. The topological polar surface area (TPSA) is 73.9 Å². The molecular formula is C27H36N4O3. The molecule has 0 spiro atoms. The van der Waals surface area contributed by atoms with E-state index in [9.17, 15) is 9.59 Å². The van der Waals surface area contributed by atoms with Crippen LogP contribution in [0.4, 0.5) is 5.69 Å². The van der Waals surface area contributed by atoms with Gasteiger partial charge in [0, 0.05) is 32.2 Å². The van der Waals surface area contributed by atoms with E-state index in [-0.39, 0.29) is 24.0 Å². The Balaban J connectivity index is 1.32. The van der Waals surface area contributed by atoms with Crippen molar-refractivity contribution in [2.24, 2.45) is 0 Å². The highest BCUT2D eigenvalue weighted by Gasteiger charge is 2.31. The van der Waals surface area contributed by atoms with Crippen LogP contribution in [0, 0.1) is 0 Å². The molecule has 7 nitrogen and oxygen atoms in total. The number of morpholine rings is 1. The van der Waals surface area contributed by atoms with Gasteiger partial charge in [0.05, 0.1) is 30.0 Å². The second-order valence-corrected chi connectivity index (χ2v) is 9.50. The molecule has 0 aliphatic carbocycles. The van der Waals surface area contributed by atoms with Crippen molar-refractivity contribution in [1.82, 2.24) is 15.1 Å². The van der Waals surface area contributed by atoms with Gasteiger partial charge in [-0.15, -0.1) is 0 Å². The van der Waals surface area contributed by atoms with Crippen molar-refractivity contribution in [3.05, 3.63) is 65.7 Å². The summed E-state index contributed by atoms with van der Waals surface area (Å²) in [7, 11) is 0. The molecule has 7 heteroatoms. The molecule has 2 aliphatic rings. The third-order valence-electron chi connectivity index (χ3n) is 6.55. The molecule has 0 bridgehead atoms. The van der Waals surface area contributed by atoms with E-state index >= 15 is 0 Å². The second kappa shape index (κ2) is 11.6. The number of benzene rings is 2. The molecule has 2 aromatic rings. The highest BCUT2D eigenvalue weighted by Crippen LogP contribution is 2.21. The molecule has 0 saturated carbocycles. The zero-order chi connectivity index (χ0) is 23.9. The lowest BCUT2D eigenvalue weighted by molar-refractivity contribution is -0.117. The number of hydrogen-bond acceptors (Lipinski definition) is 5. The average Bonchev–Trinajstić information content (AvgIpc) is 3.24. The Morgan fingerprint density at radius 3 is 2.47 bits per heavy atom. The minimum atomic E-state index is -0.200. The van der Waals surface area contributed by atoms with Crippen molar-refractivity contribution in [2.45, 2.75) is 51.5 Å². The van der Waals surface area contributed by atoms with Crippen molar-refractivity contribution in [1.29, 1.82) is 0 Å². The summed E-state index contributed by atoms with van der Waals surface area (Å²) in [6.07, 6.45) is 2.69. The lowest BCUT2D eigenvalue weighted by atomic mass is 10.1. The van der Waals surface area contributed by atoms with Gasteiger partial charge < -0.3 is 15.4 Å². The summed E-state index contributed by atoms with van der Waals surface area (Å²) in [5.41, 5.74) is 2.05. The van der Waals surface area contributed by atoms with Gasteiger partial charge in [0.15, 0.2) is 0 Å². The first-order valence-electron chi connectivity index (χ1n) is 12.3. The third kappa shape index (κ3) is 6.65. The van der Waals surface area contributed by atoms with Crippen LogP contribution >= 0.6 is 0 Å². The highest BCUT2D eigenvalue weighted by molar-refractivity contribution is 6.04. The van der Waals surface area contributed by atoms with E-state index in [1.165, 1.54) is 0 Å². The smallest absolute Gasteiger partial charge is 0.253 e. The summed E-state index contributed by atoms with van der Waals surface area (Å²) in [5, 5.41) is 5.93. The number of nitrogens with one attached hydrogen (secondary N) is 2. The number of para-hydroxylation sites is 1. The first-order valence-corrected chi connectivity index (χ1v) is 12.3. The van der Waals surface area contributed by atoms with E-state index in [1.807, 2.05) is 42.5 Å². The first kappa shape index (κ1) is 24.4. The third-order valence-corrected chi connectivity index (χ3v) is 6.55. The van der Waals surface area contributed by atoms with Gasteiger partial charge in [-0.05, 0) is 50.9 Å². The van der Waals surface area contributed by atoms with E-state index in [4.69, 9.17) is 4.74 Å². The summed E-state index contributed by atoms with van der Waals surface area (Å²) in [6.45, 7) is 8.78. The fraction of sp³-hybridized carbons (Fsp3) is 0.481. The van der Waals surface area contributed by atoms with Crippen molar-refractivity contribution in [3.63, 3.8) is 0 Å². The molecule has 34 heavy (non-hydrogen) atoms. The Labute approximate surface area is 202 Å². The molecule has 3 unspecified atom stereocenters. The van der Waals surface area contributed by atoms with Crippen LogP contribution in [0.15, 0.2) is 54.6 Å². The van der Waals surface area contributed by atoms with Gasteiger partial charge in [0.2, 0.25) is 5.91 Å². The maximum absolute atomic E-state index is 12.9. The van der Waals surface area contributed by atoms with Gasteiger partial charge in [-0.2, -0.15) is 0 Å². The summed E-state index contributed by atoms with van der Waals surface area (Å²) < 4.78 is 5.86. The van der Waals surface area contributed by atoms with Crippen molar-refractivity contribution in [3.8, 4) is 0 Å². The lowest BCUT2D eigenvalue weighted by Gasteiger charge is -2.38. The van der Waals surface area contributed by atoms with Gasteiger partial charge in [-0.25, -0.2) is 0 Å². The van der Waals surface area contributed by atoms with Crippen LogP contribution in [0.25, 0.3) is 0 Å². The van der Waals surface area contributed by atoms with Crippen LogP contribution in [-0.2, 0) is 16.1 Å². The fourth-order valence-corrected chi connectivity index (χ4v) is 5.08. The van der Waals surface area contributed by atoms with Crippen LogP contribution in [0.3, 0.4) is 0 Å². The number of rotatable bonds is 8. The quantitative estimate of drug-likeness (QED) is 0.628. The molecule has 2 N–H and O–H groups in total. The predicted molar refractivity (Wildman–Crippen MR) is 134 cm³/mol. The van der Waals surface area contributed by atoms with Crippen LogP contribution in [0.5, 0.6) is 0 Å². The first-order chi connectivity index (χ1) is 16.5. The largest absolute Gasteiger partial charge is 0.373 e. The Morgan fingerprint density at radius 1 is 1.00 bits per heavy atom. The zero-order valence-electron chi connectivity index (χ0n) is 20.2. The minimum absolute atomic E-state index is 0.0843. The standard InChI is InChI=1S/C27H36N4O3/c1-20-16-30(17-21(2)34-20)18-23-11-8-14-31(23)19-26(32)29-25-13-7-6-12-24(25)27(33)28-15-22-9-4-3-5-10-22/h3-7,9-10,12-13,20-21,23H,8,11,14-19H2,1-2H3,(H,28,33)(H,29,32). The Kier molecular flexibility index (Phi) is 8.32. The van der Waals surface area contributed by atoms with Crippen molar-refractivity contribution < 1.29 is 14.3 Å². The van der Waals surface area contributed by atoms with Crippen LogP contribution < -0.4 is 10.6 Å². The predicted octanol–water partition coefficient (Wildman–Crippen LogP) is 3.13. The molecule has 2 saturated heterocycles. The molecule has 0 aromatic heterocycles. The maximum atomic E-state index is 12.9. The number of likely N-dealkylation sites (tertiary alicyclic amines) is 1. The Hall–Kier alpha value is -2.74. The number of carbonyl (C=O) groups excluding carboxylic acids is 2. The average molecular weight is 465 g/mol. The molecule has 0 radical (unpaired) electrons. The van der Waals surface area contributed by atoms with Gasteiger partial charge >= 0.3 is 0 Å². The van der Waals surface area contributed by atoms with Crippen LogP contribution in [0.2, 0.25) is 0 Å². The highest BCUT2D eigenvalue weighted by atomic mass is 16.5. The van der Waals surface area contributed by atoms with E-state index < -0.39 is 0 Å². The molecule has 4 rings (SSSR count). The molecular weight excluding hydrogens is 428 g/mol.